The third kappa shape index (κ3) is 5.48. The number of nitrogens with one attached hydrogen (secondary N) is 1. The summed E-state index contributed by atoms with van der Waals surface area (Å²) >= 11 is 7.81. The van der Waals surface area contributed by atoms with Gasteiger partial charge in [0, 0.05) is 22.8 Å². The minimum absolute atomic E-state index is 0.126. The fourth-order valence-electron chi connectivity index (χ4n) is 1.98. The van der Waals surface area contributed by atoms with Crippen LogP contribution in [-0.4, -0.2) is 24.8 Å². The second-order valence-corrected chi connectivity index (χ2v) is 6.57. The zero-order valence-electron chi connectivity index (χ0n) is 13.3. The first-order valence-electron chi connectivity index (χ1n) is 7.50. The molecule has 0 fully saturated rings. The smallest absolute Gasteiger partial charge is 0.251 e. The predicted molar refractivity (Wildman–Crippen MR) is 96.9 cm³/mol. The van der Waals surface area contributed by atoms with Crippen LogP contribution >= 0.6 is 23.4 Å². The van der Waals surface area contributed by atoms with Gasteiger partial charge in [0.2, 0.25) is 0 Å². The lowest BCUT2D eigenvalue weighted by atomic mass is 10.2. The van der Waals surface area contributed by atoms with E-state index in [1.165, 1.54) is 10.5 Å². The molecule has 122 valence electrons. The normalized spacial score (nSPS) is 10.4. The molecule has 0 aliphatic heterocycles. The molecule has 23 heavy (non-hydrogen) atoms. The highest BCUT2D eigenvalue weighted by molar-refractivity contribution is 7.99. The molecule has 2 rings (SSSR count). The minimum atomic E-state index is -0.126. The molecule has 0 heterocycles. The second kappa shape index (κ2) is 8.85. The van der Waals surface area contributed by atoms with Crippen molar-refractivity contribution < 1.29 is 9.53 Å². The van der Waals surface area contributed by atoms with Crippen molar-refractivity contribution in [3.8, 4) is 5.75 Å². The van der Waals surface area contributed by atoms with E-state index in [1.54, 1.807) is 30.0 Å². The van der Waals surface area contributed by atoms with Crippen LogP contribution in [0.5, 0.6) is 5.75 Å². The van der Waals surface area contributed by atoms with E-state index >= 15 is 0 Å². The zero-order chi connectivity index (χ0) is 16.7. The molecular formula is C18H20ClNO2S. The number of halogens is 1. The van der Waals surface area contributed by atoms with Crippen molar-refractivity contribution in [2.75, 3.05) is 18.9 Å². The number of aryl methyl sites for hydroxylation is 1. The van der Waals surface area contributed by atoms with E-state index in [0.29, 0.717) is 29.5 Å². The molecule has 0 atom stereocenters. The molecule has 3 nitrogen and oxygen atoms in total. The number of hydrogen-bond acceptors (Lipinski definition) is 3. The molecule has 0 aliphatic rings. The molecule has 0 aromatic heterocycles. The number of hydrogen-bond donors (Lipinski definition) is 1. The maximum atomic E-state index is 12.1. The van der Waals surface area contributed by atoms with Gasteiger partial charge in [-0.05, 0) is 44.2 Å². The summed E-state index contributed by atoms with van der Waals surface area (Å²) < 4.78 is 5.36. The Labute approximate surface area is 146 Å². The Kier molecular flexibility index (Phi) is 6.81. The van der Waals surface area contributed by atoms with Crippen molar-refractivity contribution >= 4 is 29.3 Å². The van der Waals surface area contributed by atoms with Gasteiger partial charge in [-0.1, -0.05) is 29.3 Å². The van der Waals surface area contributed by atoms with Gasteiger partial charge in [-0.3, -0.25) is 4.79 Å². The molecule has 1 N–H and O–H groups in total. The number of carbonyl (C=O) groups excluding carboxylic acids is 1. The Hall–Kier alpha value is -1.65. The van der Waals surface area contributed by atoms with Gasteiger partial charge in [0.15, 0.2) is 0 Å². The molecule has 0 bridgehead atoms. The van der Waals surface area contributed by atoms with Crippen molar-refractivity contribution in [3.05, 3.63) is 58.6 Å². The van der Waals surface area contributed by atoms with E-state index in [-0.39, 0.29) is 5.91 Å². The maximum Gasteiger partial charge on any atom is 0.251 e. The topological polar surface area (TPSA) is 38.3 Å². The Morgan fingerprint density at radius 1 is 1.22 bits per heavy atom. The monoisotopic (exact) mass is 349 g/mol. The Bertz CT molecular complexity index is 659. The van der Waals surface area contributed by atoms with Crippen LogP contribution in [0.25, 0.3) is 0 Å². The van der Waals surface area contributed by atoms with E-state index in [2.05, 4.69) is 36.5 Å². The highest BCUT2D eigenvalue weighted by atomic mass is 35.5. The predicted octanol–water partition coefficient (Wildman–Crippen LogP) is 4.57. The Morgan fingerprint density at radius 3 is 2.61 bits per heavy atom. The van der Waals surface area contributed by atoms with Gasteiger partial charge in [0.1, 0.15) is 5.75 Å². The van der Waals surface area contributed by atoms with Gasteiger partial charge in [-0.2, -0.15) is 0 Å². The first-order valence-corrected chi connectivity index (χ1v) is 8.86. The number of amides is 1. The van der Waals surface area contributed by atoms with Crippen LogP contribution in [0.2, 0.25) is 5.02 Å². The molecule has 2 aromatic carbocycles. The molecular weight excluding hydrogens is 330 g/mol. The molecule has 0 saturated heterocycles. The van der Waals surface area contributed by atoms with Gasteiger partial charge in [-0.25, -0.2) is 0 Å². The van der Waals surface area contributed by atoms with E-state index in [1.807, 2.05) is 6.92 Å². The summed E-state index contributed by atoms with van der Waals surface area (Å²) in [7, 11) is 0. The molecule has 2 aromatic rings. The van der Waals surface area contributed by atoms with Gasteiger partial charge in [0.05, 0.1) is 11.6 Å². The quantitative estimate of drug-likeness (QED) is 0.587. The van der Waals surface area contributed by atoms with Crippen LogP contribution < -0.4 is 10.1 Å². The molecule has 5 heteroatoms. The molecule has 0 saturated carbocycles. The first kappa shape index (κ1) is 17.7. The van der Waals surface area contributed by atoms with E-state index in [9.17, 15) is 4.79 Å². The van der Waals surface area contributed by atoms with E-state index < -0.39 is 0 Å². The first-order chi connectivity index (χ1) is 11.1. The number of benzene rings is 2. The van der Waals surface area contributed by atoms with E-state index in [0.717, 1.165) is 5.75 Å². The van der Waals surface area contributed by atoms with Crippen LogP contribution in [0.1, 0.15) is 22.8 Å². The van der Waals surface area contributed by atoms with Crippen molar-refractivity contribution in [2.24, 2.45) is 0 Å². The van der Waals surface area contributed by atoms with Crippen molar-refractivity contribution in [2.45, 2.75) is 18.7 Å². The molecule has 0 aliphatic carbocycles. The molecule has 1 amide bonds. The third-order valence-corrected chi connectivity index (χ3v) is 4.48. The molecule has 0 spiro atoms. The third-order valence-electron chi connectivity index (χ3n) is 3.17. The minimum Gasteiger partial charge on any atom is -0.492 e. The maximum absolute atomic E-state index is 12.1. The highest BCUT2D eigenvalue weighted by Crippen LogP contribution is 2.25. The standard InChI is InChI=1S/C18H20ClNO2S/c1-3-22-17-9-6-14(12-16(17)19)18(21)20-10-11-23-15-7-4-13(2)5-8-15/h4-9,12H,3,10-11H2,1-2H3,(H,20,21). The van der Waals surface area contributed by atoms with Crippen molar-refractivity contribution in [1.29, 1.82) is 0 Å². The summed E-state index contributed by atoms with van der Waals surface area (Å²) in [5.41, 5.74) is 1.79. The number of carbonyl (C=O) groups is 1. The van der Waals surface area contributed by atoms with Crippen LogP contribution in [0.4, 0.5) is 0 Å². The van der Waals surface area contributed by atoms with Crippen molar-refractivity contribution in [3.63, 3.8) is 0 Å². The lowest BCUT2D eigenvalue weighted by molar-refractivity contribution is 0.0956. The van der Waals surface area contributed by atoms with Crippen LogP contribution in [-0.2, 0) is 0 Å². The van der Waals surface area contributed by atoms with Gasteiger partial charge in [-0.15, -0.1) is 11.8 Å². The van der Waals surface area contributed by atoms with Gasteiger partial charge >= 0.3 is 0 Å². The summed E-state index contributed by atoms with van der Waals surface area (Å²) in [6.45, 7) is 5.10. The fourth-order valence-corrected chi connectivity index (χ4v) is 2.99. The average Bonchev–Trinajstić information content (AvgIpc) is 2.55. The fraction of sp³-hybridized carbons (Fsp3) is 0.278. The van der Waals surface area contributed by atoms with Crippen LogP contribution in [0, 0.1) is 6.92 Å². The summed E-state index contributed by atoms with van der Waals surface area (Å²) in [6.07, 6.45) is 0. The van der Waals surface area contributed by atoms with Crippen LogP contribution in [0.3, 0.4) is 0 Å². The highest BCUT2D eigenvalue weighted by Gasteiger charge is 2.09. The number of ether oxygens (including phenoxy) is 1. The lowest BCUT2D eigenvalue weighted by Gasteiger charge is -2.08. The summed E-state index contributed by atoms with van der Waals surface area (Å²) in [5, 5.41) is 3.35. The second-order valence-electron chi connectivity index (χ2n) is 5.00. The van der Waals surface area contributed by atoms with Crippen molar-refractivity contribution in [1.82, 2.24) is 5.32 Å². The summed E-state index contributed by atoms with van der Waals surface area (Å²) in [4.78, 5) is 13.3. The SMILES string of the molecule is CCOc1ccc(C(=O)NCCSc2ccc(C)cc2)cc1Cl. The summed E-state index contributed by atoms with van der Waals surface area (Å²) in [6, 6.07) is 13.4. The lowest BCUT2D eigenvalue weighted by Crippen LogP contribution is -2.25. The zero-order valence-corrected chi connectivity index (χ0v) is 14.8. The van der Waals surface area contributed by atoms with Crippen LogP contribution in [0.15, 0.2) is 47.4 Å². The summed E-state index contributed by atoms with van der Waals surface area (Å²) in [5.74, 6) is 1.29. The van der Waals surface area contributed by atoms with Gasteiger partial charge < -0.3 is 10.1 Å². The largest absolute Gasteiger partial charge is 0.492 e. The molecule has 0 radical (unpaired) electrons. The number of thioether (sulfide) groups is 1. The Balaban J connectivity index is 1.80. The average molecular weight is 350 g/mol. The van der Waals surface area contributed by atoms with E-state index in [4.69, 9.17) is 16.3 Å². The Morgan fingerprint density at radius 2 is 1.96 bits per heavy atom. The molecule has 0 unspecified atom stereocenters. The van der Waals surface area contributed by atoms with Gasteiger partial charge in [0.25, 0.3) is 5.91 Å². The number of rotatable bonds is 7.